The van der Waals surface area contributed by atoms with Gasteiger partial charge in [-0.2, -0.15) is 0 Å². The minimum absolute atomic E-state index is 0.441. The summed E-state index contributed by atoms with van der Waals surface area (Å²) in [5.74, 6) is 0.441. The van der Waals surface area contributed by atoms with Gasteiger partial charge in [-0.25, -0.2) is 8.78 Å². The molecule has 0 bridgehead atoms. The fourth-order valence-corrected chi connectivity index (χ4v) is 1.86. The van der Waals surface area contributed by atoms with Crippen LogP contribution in [0, 0.1) is 5.92 Å². The van der Waals surface area contributed by atoms with Gasteiger partial charge in [-0.05, 0) is 32.2 Å². The van der Waals surface area contributed by atoms with Crippen LogP contribution < -0.4 is 5.32 Å². The van der Waals surface area contributed by atoms with Crippen molar-refractivity contribution in [2.24, 2.45) is 5.92 Å². The summed E-state index contributed by atoms with van der Waals surface area (Å²) in [6.45, 7) is 2.03. The van der Waals surface area contributed by atoms with Crippen molar-refractivity contribution in [2.45, 2.75) is 38.2 Å². The number of nitrogens with one attached hydrogen (secondary N) is 1. The lowest BCUT2D eigenvalue weighted by atomic mass is 9.97. The molecule has 1 aliphatic carbocycles. The molecule has 1 aliphatic rings. The Bertz CT molecular complexity index is 138. The van der Waals surface area contributed by atoms with E-state index >= 15 is 0 Å². The molecule has 1 fully saturated rings. The first-order valence-corrected chi connectivity index (χ1v) is 4.08. The van der Waals surface area contributed by atoms with E-state index in [0.717, 1.165) is 6.42 Å². The summed E-state index contributed by atoms with van der Waals surface area (Å²) in [6, 6.07) is 0. The quantitative estimate of drug-likeness (QED) is 0.656. The minimum Gasteiger partial charge on any atom is -0.309 e. The number of rotatable bonds is 2. The predicted molar refractivity (Wildman–Crippen MR) is 40.8 cm³/mol. The predicted octanol–water partition coefficient (Wildman–Crippen LogP) is 2.03. The highest BCUT2D eigenvalue weighted by molar-refractivity contribution is 4.96. The number of hydrogen-bond acceptors (Lipinski definition) is 1. The van der Waals surface area contributed by atoms with Gasteiger partial charge in [0.25, 0.3) is 6.43 Å². The molecule has 0 aliphatic heterocycles. The molecule has 0 aromatic heterocycles. The summed E-state index contributed by atoms with van der Waals surface area (Å²) in [4.78, 5) is 0. The molecule has 3 heteroatoms. The molecule has 0 amide bonds. The Morgan fingerprint density at radius 3 is 2.36 bits per heavy atom. The Kier molecular flexibility index (Phi) is 2.47. The van der Waals surface area contributed by atoms with Crippen molar-refractivity contribution in [1.29, 1.82) is 0 Å². The molecule has 0 radical (unpaired) electrons. The van der Waals surface area contributed by atoms with Gasteiger partial charge in [-0.1, -0.05) is 6.92 Å². The second-order valence-corrected chi connectivity index (χ2v) is 3.55. The van der Waals surface area contributed by atoms with Gasteiger partial charge in [-0.15, -0.1) is 0 Å². The molecule has 1 saturated carbocycles. The van der Waals surface area contributed by atoms with Crippen LogP contribution >= 0.6 is 0 Å². The highest BCUT2D eigenvalue weighted by atomic mass is 19.3. The van der Waals surface area contributed by atoms with Crippen molar-refractivity contribution in [3.05, 3.63) is 0 Å². The summed E-state index contributed by atoms with van der Waals surface area (Å²) in [7, 11) is 1.63. The van der Waals surface area contributed by atoms with E-state index in [1.807, 2.05) is 6.92 Å². The maximum atomic E-state index is 12.5. The monoisotopic (exact) mass is 163 g/mol. The Balaban J connectivity index is 2.62. The summed E-state index contributed by atoms with van der Waals surface area (Å²) in [5, 5.41) is 2.76. The molecular formula is C8H15F2N. The zero-order chi connectivity index (χ0) is 8.48. The second kappa shape index (κ2) is 3.05. The molecule has 2 atom stereocenters. The fraction of sp³-hybridized carbons (Fsp3) is 1.00. The fourth-order valence-electron chi connectivity index (χ4n) is 1.86. The molecule has 11 heavy (non-hydrogen) atoms. The van der Waals surface area contributed by atoms with Crippen LogP contribution in [-0.2, 0) is 0 Å². The Labute approximate surface area is 66.2 Å². The van der Waals surface area contributed by atoms with Gasteiger partial charge in [0.1, 0.15) is 0 Å². The summed E-state index contributed by atoms with van der Waals surface area (Å²) >= 11 is 0. The number of halogens is 2. The van der Waals surface area contributed by atoms with Crippen LogP contribution in [0.4, 0.5) is 8.78 Å². The van der Waals surface area contributed by atoms with Crippen LogP contribution in [0.15, 0.2) is 0 Å². The van der Waals surface area contributed by atoms with E-state index in [2.05, 4.69) is 5.32 Å². The molecule has 0 spiro atoms. The van der Waals surface area contributed by atoms with E-state index in [-0.39, 0.29) is 0 Å². The molecule has 1 nitrogen and oxygen atoms in total. The van der Waals surface area contributed by atoms with Gasteiger partial charge in [-0.3, -0.25) is 0 Å². The minimum atomic E-state index is -2.22. The first kappa shape index (κ1) is 8.91. The van der Waals surface area contributed by atoms with Gasteiger partial charge in [0.2, 0.25) is 0 Å². The number of hydrogen-bond donors (Lipinski definition) is 1. The van der Waals surface area contributed by atoms with Gasteiger partial charge in [0.15, 0.2) is 0 Å². The third kappa shape index (κ3) is 1.53. The number of alkyl halides is 2. The Hall–Kier alpha value is -0.180. The third-order valence-corrected chi connectivity index (χ3v) is 2.71. The van der Waals surface area contributed by atoms with E-state index in [4.69, 9.17) is 0 Å². The average molecular weight is 163 g/mol. The summed E-state index contributed by atoms with van der Waals surface area (Å²) in [6.07, 6.45) is -0.0771. The van der Waals surface area contributed by atoms with Crippen LogP contribution in [0.5, 0.6) is 0 Å². The van der Waals surface area contributed by atoms with Gasteiger partial charge < -0.3 is 5.32 Å². The molecule has 1 N–H and O–H groups in total. The largest absolute Gasteiger partial charge is 0.309 e. The summed E-state index contributed by atoms with van der Waals surface area (Å²) < 4.78 is 25.0. The standard InChI is InChI=1S/C8H15F2N/c1-6-3-4-8(5-6,11-2)7(9)10/h6-7,11H,3-5H2,1-2H3. The van der Waals surface area contributed by atoms with Crippen LogP contribution in [0.2, 0.25) is 0 Å². The van der Waals surface area contributed by atoms with Crippen molar-refractivity contribution in [2.75, 3.05) is 7.05 Å². The molecule has 2 unspecified atom stereocenters. The lowest BCUT2D eigenvalue weighted by Crippen LogP contribution is -2.47. The normalized spacial score (nSPS) is 38.5. The zero-order valence-corrected chi connectivity index (χ0v) is 7.03. The van der Waals surface area contributed by atoms with E-state index in [1.54, 1.807) is 7.05 Å². The topological polar surface area (TPSA) is 12.0 Å². The molecular weight excluding hydrogens is 148 g/mol. The first-order valence-electron chi connectivity index (χ1n) is 4.08. The highest BCUT2D eigenvalue weighted by Gasteiger charge is 2.43. The van der Waals surface area contributed by atoms with Crippen molar-refractivity contribution in [1.82, 2.24) is 5.32 Å². The Morgan fingerprint density at radius 1 is 1.55 bits per heavy atom. The zero-order valence-electron chi connectivity index (χ0n) is 7.03. The second-order valence-electron chi connectivity index (χ2n) is 3.55. The smallest absolute Gasteiger partial charge is 0.256 e. The van der Waals surface area contributed by atoms with Crippen LogP contribution in [0.3, 0.4) is 0 Å². The van der Waals surface area contributed by atoms with E-state index < -0.39 is 12.0 Å². The van der Waals surface area contributed by atoms with E-state index in [9.17, 15) is 8.78 Å². The van der Waals surface area contributed by atoms with Crippen LogP contribution in [0.1, 0.15) is 26.2 Å². The third-order valence-electron chi connectivity index (χ3n) is 2.71. The van der Waals surface area contributed by atoms with Crippen molar-refractivity contribution in [3.63, 3.8) is 0 Å². The lowest BCUT2D eigenvalue weighted by Gasteiger charge is -2.27. The average Bonchev–Trinajstić information content (AvgIpc) is 2.33. The van der Waals surface area contributed by atoms with Crippen molar-refractivity contribution < 1.29 is 8.78 Å². The lowest BCUT2D eigenvalue weighted by molar-refractivity contribution is 0.0361. The van der Waals surface area contributed by atoms with Gasteiger partial charge >= 0.3 is 0 Å². The van der Waals surface area contributed by atoms with Crippen molar-refractivity contribution in [3.8, 4) is 0 Å². The van der Waals surface area contributed by atoms with E-state index in [1.165, 1.54) is 0 Å². The van der Waals surface area contributed by atoms with E-state index in [0.29, 0.717) is 18.8 Å². The van der Waals surface area contributed by atoms with Gasteiger partial charge in [0.05, 0.1) is 5.54 Å². The molecule has 0 aromatic rings. The van der Waals surface area contributed by atoms with Crippen LogP contribution in [0.25, 0.3) is 0 Å². The molecule has 0 saturated heterocycles. The summed E-state index contributed by atoms with van der Waals surface area (Å²) in [5.41, 5.74) is -0.876. The molecule has 0 heterocycles. The maximum Gasteiger partial charge on any atom is 0.256 e. The SMILES string of the molecule is CNC1(C(F)F)CCC(C)C1. The molecule has 1 rings (SSSR count). The molecule has 0 aromatic carbocycles. The first-order chi connectivity index (χ1) is 5.10. The maximum absolute atomic E-state index is 12.5. The Morgan fingerprint density at radius 2 is 2.18 bits per heavy atom. The molecule has 66 valence electrons. The van der Waals surface area contributed by atoms with Gasteiger partial charge in [0, 0.05) is 0 Å². The highest BCUT2D eigenvalue weighted by Crippen LogP contribution is 2.37. The van der Waals surface area contributed by atoms with Crippen molar-refractivity contribution >= 4 is 0 Å². The van der Waals surface area contributed by atoms with Crippen LogP contribution in [-0.4, -0.2) is 19.0 Å².